The van der Waals surface area contributed by atoms with E-state index in [0.29, 0.717) is 17.4 Å². The van der Waals surface area contributed by atoms with Gasteiger partial charge < -0.3 is 14.6 Å². The highest BCUT2D eigenvalue weighted by Crippen LogP contribution is 2.29. The van der Waals surface area contributed by atoms with Gasteiger partial charge >= 0.3 is 0 Å². The normalized spacial score (nSPS) is 12.0. The van der Waals surface area contributed by atoms with Crippen molar-refractivity contribution in [3.8, 4) is 11.5 Å². The van der Waals surface area contributed by atoms with E-state index in [1.54, 1.807) is 32.2 Å². The summed E-state index contributed by atoms with van der Waals surface area (Å²) < 4.78 is 11.0. The van der Waals surface area contributed by atoms with Gasteiger partial charge in [-0.1, -0.05) is 35.9 Å². The predicted octanol–water partition coefficient (Wildman–Crippen LogP) is 3.98. The highest BCUT2D eigenvalue weighted by atomic mass is 35.5. The molecule has 1 atom stereocenters. The molecule has 0 bridgehead atoms. The van der Waals surface area contributed by atoms with Gasteiger partial charge in [0.15, 0.2) is 0 Å². The third kappa shape index (κ3) is 3.44. The summed E-state index contributed by atoms with van der Waals surface area (Å²) in [6.45, 7) is 2.07. The molecule has 0 spiro atoms. The molecule has 2 aromatic carbocycles. The Kier molecular flexibility index (Phi) is 4.88. The standard InChI is InChI=1S/C16H17ClO3/c1-11(18)12-7-8-16(14(17)9-12)20-10-13-5-3-4-6-15(13)19-2/h3-9,11,18H,10H2,1-2H3/t11-/m1/s1. The van der Waals surface area contributed by atoms with Crippen molar-refractivity contribution < 1.29 is 14.6 Å². The van der Waals surface area contributed by atoms with Gasteiger partial charge in [0.25, 0.3) is 0 Å². The van der Waals surface area contributed by atoms with Crippen molar-refractivity contribution in [3.63, 3.8) is 0 Å². The Morgan fingerprint density at radius 1 is 1.15 bits per heavy atom. The molecule has 0 saturated heterocycles. The second-order valence-electron chi connectivity index (χ2n) is 4.47. The number of hydrogen-bond acceptors (Lipinski definition) is 3. The van der Waals surface area contributed by atoms with Crippen LogP contribution in [0.4, 0.5) is 0 Å². The number of rotatable bonds is 5. The van der Waals surface area contributed by atoms with E-state index in [1.807, 2.05) is 24.3 Å². The lowest BCUT2D eigenvalue weighted by Crippen LogP contribution is -1.99. The molecule has 0 aliphatic heterocycles. The molecule has 0 aliphatic rings. The van der Waals surface area contributed by atoms with Crippen LogP contribution >= 0.6 is 11.6 Å². The SMILES string of the molecule is COc1ccccc1COc1ccc([C@@H](C)O)cc1Cl. The van der Waals surface area contributed by atoms with E-state index >= 15 is 0 Å². The van der Waals surface area contributed by atoms with Gasteiger partial charge in [-0.15, -0.1) is 0 Å². The lowest BCUT2D eigenvalue weighted by molar-refractivity contribution is 0.199. The largest absolute Gasteiger partial charge is 0.496 e. The third-order valence-electron chi connectivity index (χ3n) is 3.01. The first-order valence-corrected chi connectivity index (χ1v) is 6.72. The van der Waals surface area contributed by atoms with Crippen LogP contribution in [0.3, 0.4) is 0 Å². The molecular formula is C16H17ClO3. The molecule has 0 heterocycles. The molecule has 20 heavy (non-hydrogen) atoms. The molecule has 106 valence electrons. The fraction of sp³-hybridized carbons (Fsp3) is 0.250. The number of ether oxygens (including phenoxy) is 2. The van der Waals surface area contributed by atoms with Crippen LogP contribution in [0.1, 0.15) is 24.2 Å². The number of aliphatic hydroxyl groups excluding tert-OH is 1. The fourth-order valence-electron chi connectivity index (χ4n) is 1.87. The Morgan fingerprint density at radius 2 is 1.90 bits per heavy atom. The Hall–Kier alpha value is -1.71. The molecule has 3 nitrogen and oxygen atoms in total. The summed E-state index contributed by atoms with van der Waals surface area (Å²) in [4.78, 5) is 0. The molecular weight excluding hydrogens is 276 g/mol. The molecule has 0 amide bonds. The second kappa shape index (κ2) is 6.64. The molecule has 4 heteroatoms. The monoisotopic (exact) mass is 292 g/mol. The minimum atomic E-state index is -0.546. The summed E-state index contributed by atoms with van der Waals surface area (Å²) in [7, 11) is 1.63. The predicted molar refractivity (Wildman–Crippen MR) is 79.4 cm³/mol. The molecule has 2 aromatic rings. The number of para-hydroxylation sites is 1. The average Bonchev–Trinajstić information content (AvgIpc) is 2.46. The van der Waals surface area contributed by atoms with E-state index in [4.69, 9.17) is 21.1 Å². The van der Waals surface area contributed by atoms with Gasteiger partial charge in [0.05, 0.1) is 18.2 Å². The van der Waals surface area contributed by atoms with Crippen molar-refractivity contribution in [1.82, 2.24) is 0 Å². The number of methoxy groups -OCH3 is 1. The van der Waals surface area contributed by atoms with Crippen LogP contribution in [0.25, 0.3) is 0 Å². The fourth-order valence-corrected chi connectivity index (χ4v) is 2.12. The van der Waals surface area contributed by atoms with E-state index < -0.39 is 6.10 Å². The summed E-state index contributed by atoms with van der Waals surface area (Å²) >= 11 is 6.15. The summed E-state index contributed by atoms with van der Waals surface area (Å²) in [6.07, 6.45) is -0.546. The van der Waals surface area contributed by atoms with Crippen molar-refractivity contribution >= 4 is 11.6 Å². The van der Waals surface area contributed by atoms with E-state index in [2.05, 4.69) is 0 Å². The maximum atomic E-state index is 9.50. The Labute approximate surface area is 123 Å². The van der Waals surface area contributed by atoms with Gasteiger partial charge in [-0.2, -0.15) is 0 Å². The summed E-state index contributed by atoms with van der Waals surface area (Å²) in [5.41, 5.74) is 1.71. The zero-order valence-electron chi connectivity index (χ0n) is 11.5. The lowest BCUT2D eigenvalue weighted by Gasteiger charge is -2.12. The quantitative estimate of drug-likeness (QED) is 0.906. The van der Waals surface area contributed by atoms with Crippen molar-refractivity contribution in [2.75, 3.05) is 7.11 Å². The van der Waals surface area contributed by atoms with Crippen LogP contribution in [0.5, 0.6) is 11.5 Å². The maximum absolute atomic E-state index is 9.50. The van der Waals surface area contributed by atoms with E-state index in [1.165, 1.54) is 0 Å². The first-order chi connectivity index (χ1) is 9.61. The first-order valence-electron chi connectivity index (χ1n) is 6.34. The summed E-state index contributed by atoms with van der Waals surface area (Å²) in [5.74, 6) is 1.37. The third-order valence-corrected chi connectivity index (χ3v) is 3.31. The number of halogens is 1. The van der Waals surface area contributed by atoms with Crippen LogP contribution in [0.15, 0.2) is 42.5 Å². The molecule has 1 N–H and O–H groups in total. The van der Waals surface area contributed by atoms with Crippen LogP contribution in [-0.2, 0) is 6.61 Å². The Morgan fingerprint density at radius 3 is 2.55 bits per heavy atom. The Balaban J connectivity index is 2.11. The molecule has 0 fully saturated rings. The van der Waals surface area contributed by atoms with Crippen molar-refractivity contribution in [2.45, 2.75) is 19.6 Å². The van der Waals surface area contributed by atoms with Gasteiger partial charge in [-0.05, 0) is 30.7 Å². The van der Waals surface area contributed by atoms with Crippen molar-refractivity contribution in [2.24, 2.45) is 0 Å². The van der Waals surface area contributed by atoms with Crippen LogP contribution < -0.4 is 9.47 Å². The molecule has 0 saturated carbocycles. The average molecular weight is 293 g/mol. The van der Waals surface area contributed by atoms with Crippen LogP contribution in [0, 0.1) is 0 Å². The van der Waals surface area contributed by atoms with E-state index in [-0.39, 0.29) is 0 Å². The van der Waals surface area contributed by atoms with Gasteiger partial charge in [-0.3, -0.25) is 0 Å². The van der Waals surface area contributed by atoms with Gasteiger partial charge in [-0.25, -0.2) is 0 Å². The van der Waals surface area contributed by atoms with E-state index in [0.717, 1.165) is 16.9 Å². The van der Waals surface area contributed by atoms with E-state index in [9.17, 15) is 5.11 Å². The zero-order valence-corrected chi connectivity index (χ0v) is 12.2. The maximum Gasteiger partial charge on any atom is 0.138 e. The topological polar surface area (TPSA) is 38.7 Å². The second-order valence-corrected chi connectivity index (χ2v) is 4.87. The first kappa shape index (κ1) is 14.7. The molecule has 0 radical (unpaired) electrons. The molecule has 0 aromatic heterocycles. The highest BCUT2D eigenvalue weighted by Gasteiger charge is 2.08. The number of aliphatic hydroxyl groups is 1. The smallest absolute Gasteiger partial charge is 0.138 e. The Bertz CT molecular complexity index is 582. The summed E-state index contributed by atoms with van der Waals surface area (Å²) in [5, 5.41) is 9.98. The molecule has 0 unspecified atom stereocenters. The number of hydrogen-bond donors (Lipinski definition) is 1. The minimum Gasteiger partial charge on any atom is -0.496 e. The zero-order chi connectivity index (χ0) is 14.5. The minimum absolute atomic E-state index is 0.373. The van der Waals surface area contributed by atoms with Crippen molar-refractivity contribution in [3.05, 3.63) is 58.6 Å². The van der Waals surface area contributed by atoms with Crippen LogP contribution in [-0.4, -0.2) is 12.2 Å². The van der Waals surface area contributed by atoms with Gasteiger partial charge in [0.1, 0.15) is 18.1 Å². The molecule has 0 aliphatic carbocycles. The van der Waals surface area contributed by atoms with Gasteiger partial charge in [0.2, 0.25) is 0 Å². The van der Waals surface area contributed by atoms with Crippen molar-refractivity contribution in [1.29, 1.82) is 0 Å². The summed E-state index contributed by atoms with van der Waals surface area (Å²) in [6, 6.07) is 12.9. The molecule has 2 rings (SSSR count). The van der Waals surface area contributed by atoms with Gasteiger partial charge in [0, 0.05) is 5.56 Å². The van der Waals surface area contributed by atoms with Crippen LogP contribution in [0.2, 0.25) is 5.02 Å². The number of benzene rings is 2. The lowest BCUT2D eigenvalue weighted by atomic mass is 10.1. The highest BCUT2D eigenvalue weighted by molar-refractivity contribution is 6.32.